The summed E-state index contributed by atoms with van der Waals surface area (Å²) in [7, 11) is 0. The van der Waals surface area contributed by atoms with Crippen LogP contribution in [-0.4, -0.2) is 45.9 Å². The largest absolute Gasteiger partial charge is 0.487 e. The first-order chi connectivity index (χ1) is 14.0. The SMILES string of the molecule is O[C@@H](CN1C[C@H]2CC(Oc3ccc(F)cc3F)C[C@H]2C1)c1ccc2[nH]ncc2c1. The zero-order chi connectivity index (χ0) is 20.0. The van der Waals surface area contributed by atoms with Crippen LogP contribution in [0.2, 0.25) is 0 Å². The van der Waals surface area contributed by atoms with Crippen LogP contribution in [0.5, 0.6) is 5.75 Å². The molecule has 1 aliphatic carbocycles. The van der Waals surface area contributed by atoms with Crippen molar-refractivity contribution in [2.75, 3.05) is 19.6 Å². The van der Waals surface area contributed by atoms with Crippen LogP contribution >= 0.6 is 0 Å². The third kappa shape index (κ3) is 3.72. The molecule has 0 bridgehead atoms. The highest BCUT2D eigenvalue weighted by Gasteiger charge is 2.42. The number of hydrogen-bond acceptors (Lipinski definition) is 4. The number of aromatic nitrogens is 2. The standard InChI is InChI=1S/C22H23F2N3O2/c23-17-2-4-22(19(24)8-17)29-18-6-15-10-27(11-16(15)7-18)12-21(28)13-1-3-20-14(5-13)9-25-26-20/h1-5,8-9,15-16,18,21,28H,6-7,10-12H2,(H,25,26)/t15-,16+,18?,21-/m0/s1. The molecule has 1 saturated heterocycles. The molecule has 1 unspecified atom stereocenters. The van der Waals surface area contributed by atoms with E-state index in [1.807, 2.05) is 18.2 Å². The molecule has 152 valence electrons. The van der Waals surface area contributed by atoms with Crippen molar-refractivity contribution >= 4 is 10.9 Å². The first-order valence-corrected chi connectivity index (χ1v) is 10.0. The highest BCUT2D eigenvalue weighted by atomic mass is 19.1. The molecule has 1 saturated carbocycles. The summed E-state index contributed by atoms with van der Waals surface area (Å²) in [5.41, 5.74) is 1.85. The summed E-state index contributed by atoms with van der Waals surface area (Å²) in [6, 6.07) is 9.28. The fourth-order valence-electron chi connectivity index (χ4n) is 4.86. The molecule has 0 spiro atoms. The Hall–Kier alpha value is -2.51. The van der Waals surface area contributed by atoms with Gasteiger partial charge in [0.25, 0.3) is 0 Å². The van der Waals surface area contributed by atoms with E-state index >= 15 is 0 Å². The molecule has 29 heavy (non-hydrogen) atoms. The van der Waals surface area contributed by atoms with Gasteiger partial charge in [0.2, 0.25) is 0 Å². The van der Waals surface area contributed by atoms with E-state index in [4.69, 9.17) is 4.74 Å². The van der Waals surface area contributed by atoms with Crippen molar-refractivity contribution in [3.05, 3.63) is 59.8 Å². The zero-order valence-electron chi connectivity index (χ0n) is 15.9. The molecule has 4 atom stereocenters. The molecule has 2 fully saturated rings. The Morgan fingerprint density at radius 1 is 1.14 bits per heavy atom. The maximum absolute atomic E-state index is 13.8. The minimum Gasteiger partial charge on any atom is -0.487 e. The van der Waals surface area contributed by atoms with E-state index in [1.165, 1.54) is 12.1 Å². The van der Waals surface area contributed by atoms with Crippen molar-refractivity contribution in [3.63, 3.8) is 0 Å². The molecule has 7 heteroatoms. The number of ether oxygens (including phenoxy) is 1. The number of aliphatic hydroxyl groups is 1. The molecule has 2 aliphatic rings. The summed E-state index contributed by atoms with van der Waals surface area (Å²) < 4.78 is 32.7. The van der Waals surface area contributed by atoms with E-state index in [0.29, 0.717) is 18.4 Å². The number of fused-ring (bicyclic) bond motifs is 2. The van der Waals surface area contributed by atoms with E-state index in [9.17, 15) is 13.9 Å². The van der Waals surface area contributed by atoms with Gasteiger partial charge in [0.15, 0.2) is 11.6 Å². The lowest BCUT2D eigenvalue weighted by Gasteiger charge is -2.22. The molecule has 1 aromatic heterocycles. The van der Waals surface area contributed by atoms with Gasteiger partial charge in [-0.15, -0.1) is 0 Å². The van der Waals surface area contributed by atoms with Crippen molar-refractivity contribution in [2.24, 2.45) is 11.8 Å². The molecule has 2 heterocycles. The van der Waals surface area contributed by atoms with Crippen molar-refractivity contribution in [2.45, 2.75) is 25.0 Å². The van der Waals surface area contributed by atoms with Crippen molar-refractivity contribution in [1.82, 2.24) is 15.1 Å². The number of hydrogen-bond donors (Lipinski definition) is 2. The number of aromatic amines is 1. The van der Waals surface area contributed by atoms with E-state index in [2.05, 4.69) is 15.1 Å². The molecule has 5 nitrogen and oxygen atoms in total. The minimum absolute atomic E-state index is 0.0412. The second-order valence-corrected chi connectivity index (χ2v) is 8.26. The van der Waals surface area contributed by atoms with Gasteiger partial charge in [-0.3, -0.25) is 10.00 Å². The monoisotopic (exact) mass is 399 g/mol. The van der Waals surface area contributed by atoms with E-state index in [0.717, 1.165) is 48.5 Å². The van der Waals surface area contributed by atoms with Gasteiger partial charge in [0, 0.05) is 31.1 Å². The van der Waals surface area contributed by atoms with Gasteiger partial charge in [0.05, 0.1) is 23.9 Å². The molecule has 0 amide bonds. The Morgan fingerprint density at radius 3 is 2.69 bits per heavy atom. The number of rotatable bonds is 5. The fraction of sp³-hybridized carbons (Fsp3) is 0.409. The van der Waals surface area contributed by atoms with E-state index in [1.54, 1.807) is 6.20 Å². The van der Waals surface area contributed by atoms with Crippen LogP contribution in [0.1, 0.15) is 24.5 Å². The summed E-state index contributed by atoms with van der Waals surface area (Å²) in [5.74, 6) is -0.168. The lowest BCUT2D eigenvalue weighted by molar-refractivity contribution is 0.116. The summed E-state index contributed by atoms with van der Waals surface area (Å²) in [5, 5.41) is 18.6. The summed E-state index contributed by atoms with van der Waals surface area (Å²) in [6.45, 7) is 2.40. The third-order valence-electron chi connectivity index (χ3n) is 6.25. The van der Waals surface area contributed by atoms with Gasteiger partial charge in [0.1, 0.15) is 5.82 Å². The van der Waals surface area contributed by atoms with Crippen LogP contribution in [0, 0.1) is 23.5 Å². The second kappa shape index (κ2) is 7.39. The Labute approximate surface area is 167 Å². The van der Waals surface area contributed by atoms with Crippen molar-refractivity contribution < 1.29 is 18.6 Å². The Bertz CT molecular complexity index is 1010. The summed E-state index contributed by atoms with van der Waals surface area (Å²) >= 11 is 0. The molecular weight excluding hydrogens is 376 g/mol. The van der Waals surface area contributed by atoms with Crippen LogP contribution in [0.15, 0.2) is 42.6 Å². The molecule has 5 rings (SSSR count). The highest BCUT2D eigenvalue weighted by molar-refractivity contribution is 5.78. The van der Waals surface area contributed by atoms with Gasteiger partial charge in [-0.05, 0) is 54.5 Å². The number of aliphatic hydroxyl groups excluding tert-OH is 1. The highest BCUT2D eigenvalue weighted by Crippen LogP contribution is 2.40. The lowest BCUT2D eigenvalue weighted by atomic mass is 10.0. The number of nitrogens with one attached hydrogen (secondary N) is 1. The number of likely N-dealkylation sites (tertiary alicyclic amines) is 1. The van der Waals surface area contributed by atoms with E-state index in [-0.39, 0.29) is 11.9 Å². The molecule has 2 N–H and O–H groups in total. The first kappa shape index (κ1) is 18.5. The predicted molar refractivity (Wildman–Crippen MR) is 104 cm³/mol. The second-order valence-electron chi connectivity index (χ2n) is 8.26. The van der Waals surface area contributed by atoms with Gasteiger partial charge in [-0.2, -0.15) is 5.10 Å². The van der Waals surface area contributed by atoms with Crippen LogP contribution in [0.4, 0.5) is 8.78 Å². The molecular formula is C22H23F2N3O2. The maximum Gasteiger partial charge on any atom is 0.167 e. The average molecular weight is 399 g/mol. The van der Waals surface area contributed by atoms with Crippen LogP contribution in [0.25, 0.3) is 10.9 Å². The van der Waals surface area contributed by atoms with Gasteiger partial charge in [-0.25, -0.2) is 8.78 Å². The molecule has 1 aliphatic heterocycles. The van der Waals surface area contributed by atoms with Gasteiger partial charge >= 0.3 is 0 Å². The lowest BCUT2D eigenvalue weighted by Crippen LogP contribution is -2.29. The van der Waals surface area contributed by atoms with Gasteiger partial charge < -0.3 is 9.84 Å². The smallest absolute Gasteiger partial charge is 0.167 e. The Balaban J connectivity index is 1.16. The molecule has 2 aromatic carbocycles. The minimum atomic E-state index is -0.651. The van der Waals surface area contributed by atoms with Crippen molar-refractivity contribution in [3.8, 4) is 5.75 Å². The number of benzene rings is 2. The predicted octanol–water partition coefficient (Wildman–Crippen LogP) is 3.66. The number of β-amino-alcohol motifs (C(OH)–C–C–N with tert-alkyl or cyclic N) is 1. The fourth-order valence-corrected chi connectivity index (χ4v) is 4.86. The van der Waals surface area contributed by atoms with Crippen LogP contribution < -0.4 is 4.74 Å². The maximum atomic E-state index is 13.8. The summed E-state index contributed by atoms with van der Waals surface area (Å²) in [6.07, 6.45) is 2.88. The molecule has 0 radical (unpaired) electrons. The molecule has 3 aromatic rings. The van der Waals surface area contributed by atoms with Crippen molar-refractivity contribution in [1.29, 1.82) is 0 Å². The summed E-state index contributed by atoms with van der Waals surface area (Å²) in [4.78, 5) is 2.30. The Morgan fingerprint density at radius 2 is 1.93 bits per heavy atom. The topological polar surface area (TPSA) is 61.4 Å². The number of nitrogens with zero attached hydrogens (tertiary/aromatic N) is 2. The first-order valence-electron chi connectivity index (χ1n) is 10.0. The van der Waals surface area contributed by atoms with Crippen LogP contribution in [-0.2, 0) is 0 Å². The average Bonchev–Trinajstić information content (AvgIpc) is 3.38. The number of H-pyrrole nitrogens is 1. The van der Waals surface area contributed by atoms with Gasteiger partial charge in [-0.1, -0.05) is 6.07 Å². The van der Waals surface area contributed by atoms with E-state index < -0.39 is 17.7 Å². The third-order valence-corrected chi connectivity index (χ3v) is 6.25. The number of halogens is 2. The Kier molecular flexibility index (Phi) is 4.72. The normalized spacial score (nSPS) is 25.4. The quantitative estimate of drug-likeness (QED) is 0.687. The van der Waals surface area contributed by atoms with Crippen LogP contribution in [0.3, 0.4) is 0 Å². The zero-order valence-corrected chi connectivity index (χ0v) is 15.9.